The van der Waals surface area contributed by atoms with Gasteiger partial charge in [0.25, 0.3) is 0 Å². The molecular weight excluding hydrogens is 270 g/mol. The first kappa shape index (κ1) is 17.1. The van der Waals surface area contributed by atoms with Crippen molar-refractivity contribution in [2.75, 3.05) is 11.5 Å². The van der Waals surface area contributed by atoms with Gasteiger partial charge in [-0.1, -0.05) is 29.3 Å². The van der Waals surface area contributed by atoms with Crippen LogP contribution in [0.2, 0.25) is 0 Å². The van der Waals surface area contributed by atoms with Crippen molar-refractivity contribution >= 4 is 17.7 Å². The number of rotatable bonds is 5. The lowest BCUT2D eigenvalue weighted by Crippen LogP contribution is -2.25. The molecule has 112 valence electrons. The Kier molecular flexibility index (Phi) is 6.08. The molecule has 1 rings (SSSR count). The van der Waals surface area contributed by atoms with Gasteiger partial charge in [0, 0.05) is 11.8 Å². The summed E-state index contributed by atoms with van der Waals surface area (Å²) in [6.45, 7) is 9.75. The van der Waals surface area contributed by atoms with Crippen molar-refractivity contribution in [3.05, 3.63) is 34.9 Å². The van der Waals surface area contributed by atoms with E-state index in [0.717, 1.165) is 5.56 Å². The van der Waals surface area contributed by atoms with Crippen molar-refractivity contribution in [2.45, 2.75) is 46.3 Å². The zero-order chi connectivity index (χ0) is 15.3. The van der Waals surface area contributed by atoms with Crippen molar-refractivity contribution in [3.63, 3.8) is 0 Å². The second kappa shape index (κ2) is 7.14. The molecule has 1 atom stereocenters. The number of thioether (sulfide) groups is 1. The third-order valence-corrected chi connectivity index (χ3v) is 3.64. The fraction of sp³-hybridized carbons (Fsp3) is 0.562. The Morgan fingerprint density at radius 1 is 1.25 bits per heavy atom. The average Bonchev–Trinajstić information content (AvgIpc) is 2.24. The van der Waals surface area contributed by atoms with E-state index in [4.69, 9.17) is 10.5 Å². The molecule has 3 nitrogen and oxygen atoms in total. The molecule has 0 saturated heterocycles. The summed E-state index contributed by atoms with van der Waals surface area (Å²) in [6, 6.07) is 6.28. The highest BCUT2D eigenvalue weighted by molar-refractivity contribution is 7.99. The Balaban J connectivity index is 2.44. The lowest BCUT2D eigenvalue weighted by molar-refractivity contribution is -0.151. The predicted molar refractivity (Wildman–Crippen MR) is 86.0 cm³/mol. The number of hydrogen-bond donors (Lipinski definition) is 1. The van der Waals surface area contributed by atoms with Gasteiger partial charge in [-0.05, 0) is 40.2 Å². The fourth-order valence-electron chi connectivity index (χ4n) is 1.96. The van der Waals surface area contributed by atoms with Crippen LogP contribution < -0.4 is 5.73 Å². The smallest absolute Gasteiger partial charge is 0.316 e. The summed E-state index contributed by atoms with van der Waals surface area (Å²) in [5.74, 6) is 0.868. The van der Waals surface area contributed by atoms with Crippen molar-refractivity contribution in [2.24, 2.45) is 5.73 Å². The Morgan fingerprint density at radius 2 is 1.80 bits per heavy atom. The van der Waals surface area contributed by atoms with Crippen molar-refractivity contribution in [1.82, 2.24) is 0 Å². The molecule has 0 radical (unpaired) electrons. The average molecular weight is 295 g/mol. The first-order valence-electron chi connectivity index (χ1n) is 6.81. The molecule has 0 spiro atoms. The van der Waals surface area contributed by atoms with Crippen LogP contribution in [0.3, 0.4) is 0 Å². The molecule has 0 aliphatic carbocycles. The maximum absolute atomic E-state index is 11.6. The molecular formula is C16H25NO2S. The molecule has 0 saturated carbocycles. The van der Waals surface area contributed by atoms with Crippen molar-refractivity contribution in [1.29, 1.82) is 0 Å². The molecule has 0 bridgehead atoms. The van der Waals surface area contributed by atoms with E-state index in [1.54, 1.807) is 0 Å². The Morgan fingerprint density at radius 3 is 2.30 bits per heavy atom. The first-order valence-corrected chi connectivity index (χ1v) is 7.96. The van der Waals surface area contributed by atoms with Crippen LogP contribution in [-0.4, -0.2) is 23.1 Å². The molecule has 0 amide bonds. The van der Waals surface area contributed by atoms with Crippen molar-refractivity contribution < 1.29 is 9.53 Å². The van der Waals surface area contributed by atoms with Crippen LogP contribution in [-0.2, 0) is 9.53 Å². The molecule has 1 aromatic rings. The molecule has 2 N–H and O–H groups in total. The number of hydrogen-bond acceptors (Lipinski definition) is 4. The van der Waals surface area contributed by atoms with Crippen LogP contribution >= 0.6 is 11.8 Å². The number of esters is 1. The van der Waals surface area contributed by atoms with Crippen LogP contribution in [0.25, 0.3) is 0 Å². The third-order valence-electron chi connectivity index (χ3n) is 2.61. The van der Waals surface area contributed by atoms with Crippen LogP contribution in [0, 0.1) is 13.8 Å². The second-order valence-corrected chi connectivity index (χ2v) is 7.16. The monoisotopic (exact) mass is 295 g/mol. The summed E-state index contributed by atoms with van der Waals surface area (Å²) in [5, 5.41) is 0. The van der Waals surface area contributed by atoms with Gasteiger partial charge >= 0.3 is 5.97 Å². The van der Waals surface area contributed by atoms with Gasteiger partial charge in [-0.25, -0.2) is 0 Å². The van der Waals surface area contributed by atoms with E-state index in [0.29, 0.717) is 11.5 Å². The Hall–Kier alpha value is -1.00. The summed E-state index contributed by atoms with van der Waals surface area (Å²) in [4.78, 5) is 11.6. The highest BCUT2D eigenvalue weighted by Gasteiger charge is 2.16. The number of carbonyl (C=O) groups excluding carboxylic acids is 1. The van der Waals surface area contributed by atoms with Gasteiger partial charge in [-0.2, -0.15) is 0 Å². The van der Waals surface area contributed by atoms with E-state index in [9.17, 15) is 4.79 Å². The summed E-state index contributed by atoms with van der Waals surface area (Å²) >= 11 is 1.52. The maximum Gasteiger partial charge on any atom is 0.316 e. The van der Waals surface area contributed by atoms with Crippen LogP contribution in [0.4, 0.5) is 0 Å². The zero-order valence-electron chi connectivity index (χ0n) is 13.0. The van der Waals surface area contributed by atoms with E-state index < -0.39 is 5.60 Å². The third kappa shape index (κ3) is 6.44. The summed E-state index contributed by atoms with van der Waals surface area (Å²) in [7, 11) is 0. The molecule has 20 heavy (non-hydrogen) atoms. The highest BCUT2D eigenvalue weighted by atomic mass is 32.2. The number of aryl methyl sites for hydroxylation is 2. The fourth-order valence-corrected chi connectivity index (χ4v) is 2.75. The quantitative estimate of drug-likeness (QED) is 0.846. The first-order chi connectivity index (χ1) is 9.17. The van der Waals surface area contributed by atoms with Gasteiger partial charge in [-0.3, -0.25) is 4.79 Å². The van der Waals surface area contributed by atoms with E-state index >= 15 is 0 Å². The van der Waals surface area contributed by atoms with Crippen molar-refractivity contribution in [3.8, 4) is 0 Å². The number of ether oxygens (including phenoxy) is 1. The molecule has 0 heterocycles. The normalized spacial score (nSPS) is 13.1. The van der Waals surface area contributed by atoms with Crippen LogP contribution in [0.1, 0.15) is 43.5 Å². The SMILES string of the molecule is Cc1cc(C)cc(C(N)CSCC(=O)OC(C)(C)C)c1. The maximum atomic E-state index is 11.6. The molecule has 4 heteroatoms. The van der Waals surface area contributed by atoms with Gasteiger partial charge in [-0.15, -0.1) is 11.8 Å². The number of nitrogens with two attached hydrogens (primary N) is 1. The van der Waals surface area contributed by atoms with Gasteiger partial charge in [0.2, 0.25) is 0 Å². The molecule has 0 aromatic heterocycles. The minimum Gasteiger partial charge on any atom is -0.459 e. The lowest BCUT2D eigenvalue weighted by Gasteiger charge is -2.19. The highest BCUT2D eigenvalue weighted by Crippen LogP contribution is 2.19. The summed E-state index contributed by atoms with van der Waals surface area (Å²) < 4.78 is 5.26. The van der Waals surface area contributed by atoms with Crippen LogP contribution in [0.15, 0.2) is 18.2 Å². The molecule has 0 fully saturated rings. The number of benzene rings is 1. The minimum absolute atomic E-state index is 0.0546. The Bertz CT molecular complexity index is 446. The largest absolute Gasteiger partial charge is 0.459 e. The molecule has 1 unspecified atom stereocenters. The molecule has 0 aliphatic heterocycles. The van der Waals surface area contributed by atoms with E-state index in [-0.39, 0.29) is 12.0 Å². The predicted octanol–water partition coefficient (Wildman–Crippen LogP) is 3.38. The van der Waals surface area contributed by atoms with Gasteiger partial charge in [0.15, 0.2) is 0 Å². The topological polar surface area (TPSA) is 52.3 Å². The zero-order valence-corrected chi connectivity index (χ0v) is 13.8. The number of carbonyl (C=O) groups is 1. The van der Waals surface area contributed by atoms with Crippen LogP contribution in [0.5, 0.6) is 0 Å². The standard InChI is InChI=1S/C16H25NO2S/c1-11-6-12(2)8-13(7-11)14(17)9-20-10-15(18)19-16(3,4)5/h6-8,14H,9-10,17H2,1-5H3. The summed E-state index contributed by atoms with van der Waals surface area (Å²) in [6.07, 6.45) is 0. The van der Waals surface area contributed by atoms with Gasteiger partial charge in [0.1, 0.15) is 5.60 Å². The lowest BCUT2D eigenvalue weighted by atomic mass is 10.0. The molecule has 0 aliphatic rings. The second-order valence-electron chi connectivity index (χ2n) is 6.13. The minimum atomic E-state index is -0.423. The molecule has 1 aromatic carbocycles. The summed E-state index contributed by atoms with van der Waals surface area (Å²) in [5.41, 5.74) is 9.31. The van der Waals surface area contributed by atoms with E-state index in [2.05, 4.69) is 32.0 Å². The van der Waals surface area contributed by atoms with Gasteiger partial charge < -0.3 is 10.5 Å². The Labute approximate surface area is 126 Å². The van der Waals surface area contributed by atoms with Gasteiger partial charge in [0.05, 0.1) is 5.75 Å². The van der Waals surface area contributed by atoms with E-state index in [1.165, 1.54) is 22.9 Å². The van der Waals surface area contributed by atoms with E-state index in [1.807, 2.05) is 20.8 Å².